The molecule has 0 saturated carbocycles. The summed E-state index contributed by atoms with van der Waals surface area (Å²) in [7, 11) is 0. The SMILES string of the molecule is CC(C)c1c[cH-]cc1C(C)C.[Cl-].[Cl-].[Zr+3]. The quantitative estimate of drug-likeness (QED) is 0.537. The van der Waals surface area contributed by atoms with Crippen molar-refractivity contribution in [1.29, 1.82) is 0 Å². The van der Waals surface area contributed by atoms with Gasteiger partial charge in [0, 0.05) is 0 Å². The average Bonchev–Trinajstić information content (AvgIpc) is 2.32. The van der Waals surface area contributed by atoms with Crippen molar-refractivity contribution in [2.24, 2.45) is 0 Å². The summed E-state index contributed by atoms with van der Waals surface area (Å²) in [5.74, 6) is 1.34. The van der Waals surface area contributed by atoms with Crippen LogP contribution in [0.15, 0.2) is 18.2 Å². The third kappa shape index (κ3) is 5.05. The van der Waals surface area contributed by atoms with Gasteiger partial charge in [0.25, 0.3) is 0 Å². The Bertz CT molecular complexity index is 206. The van der Waals surface area contributed by atoms with Crippen molar-refractivity contribution >= 4 is 0 Å². The number of halogens is 2. The van der Waals surface area contributed by atoms with Gasteiger partial charge in [-0.3, -0.25) is 0 Å². The first-order valence-corrected chi connectivity index (χ1v) is 4.38. The molecule has 0 spiro atoms. The van der Waals surface area contributed by atoms with Crippen molar-refractivity contribution in [3.63, 3.8) is 0 Å². The van der Waals surface area contributed by atoms with E-state index in [-0.39, 0.29) is 51.0 Å². The van der Waals surface area contributed by atoms with Crippen LogP contribution in [0.4, 0.5) is 0 Å². The molecule has 1 rings (SSSR count). The van der Waals surface area contributed by atoms with Crippen LogP contribution < -0.4 is 24.8 Å². The third-order valence-corrected chi connectivity index (χ3v) is 2.13. The maximum absolute atomic E-state index is 2.25. The van der Waals surface area contributed by atoms with Crippen LogP contribution in [0.5, 0.6) is 0 Å². The molecule has 0 N–H and O–H groups in total. The molecular weight excluding hydrogens is 294 g/mol. The van der Waals surface area contributed by atoms with E-state index in [4.69, 9.17) is 0 Å². The second kappa shape index (κ2) is 9.07. The molecular formula is C11H17Cl2Zr. The van der Waals surface area contributed by atoms with Gasteiger partial charge < -0.3 is 24.8 Å². The van der Waals surface area contributed by atoms with Crippen molar-refractivity contribution < 1.29 is 51.0 Å². The average molecular weight is 311 g/mol. The molecule has 0 bridgehead atoms. The molecule has 0 unspecified atom stereocenters. The molecule has 0 aromatic heterocycles. The van der Waals surface area contributed by atoms with E-state index >= 15 is 0 Å². The fourth-order valence-corrected chi connectivity index (χ4v) is 1.50. The Hall–Kier alpha value is 0.813. The smallest absolute Gasteiger partial charge is 1.00 e. The van der Waals surface area contributed by atoms with Gasteiger partial charge in [-0.1, -0.05) is 39.5 Å². The zero-order valence-electron chi connectivity index (χ0n) is 9.14. The molecule has 0 fully saturated rings. The molecule has 79 valence electrons. The largest absolute Gasteiger partial charge is 3.00 e. The zero-order chi connectivity index (χ0) is 8.43. The molecule has 0 heterocycles. The Kier molecular flexibility index (Phi) is 13.1. The maximum atomic E-state index is 2.25. The van der Waals surface area contributed by atoms with Gasteiger partial charge >= 0.3 is 26.2 Å². The predicted molar refractivity (Wildman–Crippen MR) is 50.2 cm³/mol. The van der Waals surface area contributed by atoms with Gasteiger partial charge in [0.1, 0.15) is 0 Å². The van der Waals surface area contributed by atoms with Crippen LogP contribution in [0, 0.1) is 0 Å². The van der Waals surface area contributed by atoms with Gasteiger partial charge in [0.05, 0.1) is 0 Å². The molecule has 1 radical (unpaired) electrons. The van der Waals surface area contributed by atoms with Gasteiger partial charge in [-0.2, -0.15) is 29.3 Å². The van der Waals surface area contributed by atoms with E-state index < -0.39 is 0 Å². The monoisotopic (exact) mass is 309 g/mol. The van der Waals surface area contributed by atoms with E-state index in [1.165, 1.54) is 11.1 Å². The van der Waals surface area contributed by atoms with Gasteiger partial charge in [-0.05, 0) is 0 Å². The second-order valence-electron chi connectivity index (χ2n) is 3.75. The summed E-state index contributed by atoms with van der Waals surface area (Å²) in [6.45, 7) is 9.00. The number of rotatable bonds is 2. The van der Waals surface area contributed by atoms with Gasteiger partial charge in [0.2, 0.25) is 0 Å². The first kappa shape index (κ1) is 20.3. The predicted octanol–water partition coefficient (Wildman–Crippen LogP) is -2.34. The summed E-state index contributed by atoms with van der Waals surface area (Å²) in [4.78, 5) is 0. The van der Waals surface area contributed by atoms with Crippen LogP contribution >= 0.6 is 0 Å². The van der Waals surface area contributed by atoms with E-state index in [2.05, 4.69) is 45.9 Å². The molecule has 1 aromatic rings. The summed E-state index contributed by atoms with van der Waals surface area (Å²) in [6.07, 6.45) is 0. The van der Waals surface area contributed by atoms with Crippen LogP contribution in [-0.2, 0) is 26.2 Å². The topological polar surface area (TPSA) is 0 Å². The summed E-state index contributed by atoms with van der Waals surface area (Å²) >= 11 is 0. The van der Waals surface area contributed by atoms with Crippen molar-refractivity contribution in [2.75, 3.05) is 0 Å². The van der Waals surface area contributed by atoms with Crippen LogP contribution in [0.3, 0.4) is 0 Å². The summed E-state index contributed by atoms with van der Waals surface area (Å²) in [6, 6.07) is 6.63. The molecule has 0 aliphatic carbocycles. The van der Waals surface area contributed by atoms with E-state index in [1.54, 1.807) is 0 Å². The Morgan fingerprint density at radius 3 is 1.36 bits per heavy atom. The van der Waals surface area contributed by atoms with Crippen LogP contribution in [0.2, 0.25) is 0 Å². The summed E-state index contributed by atoms with van der Waals surface area (Å²) in [5, 5.41) is 0. The minimum absolute atomic E-state index is 0. The number of hydrogen-bond donors (Lipinski definition) is 0. The summed E-state index contributed by atoms with van der Waals surface area (Å²) < 4.78 is 0. The Morgan fingerprint density at radius 1 is 0.857 bits per heavy atom. The van der Waals surface area contributed by atoms with E-state index in [0.29, 0.717) is 11.8 Å². The second-order valence-corrected chi connectivity index (χ2v) is 3.75. The zero-order valence-corrected chi connectivity index (χ0v) is 13.1. The van der Waals surface area contributed by atoms with Gasteiger partial charge in [0.15, 0.2) is 0 Å². The van der Waals surface area contributed by atoms with Crippen LogP contribution in [0.25, 0.3) is 0 Å². The van der Waals surface area contributed by atoms with Crippen molar-refractivity contribution in [2.45, 2.75) is 39.5 Å². The molecule has 0 aliphatic heterocycles. The molecule has 0 atom stereocenters. The Balaban J connectivity index is -0.000000403. The van der Waals surface area contributed by atoms with E-state index in [1.807, 2.05) is 0 Å². The minimum atomic E-state index is 0. The Morgan fingerprint density at radius 2 is 1.14 bits per heavy atom. The fraction of sp³-hybridized carbons (Fsp3) is 0.545. The molecule has 0 saturated heterocycles. The van der Waals surface area contributed by atoms with E-state index in [9.17, 15) is 0 Å². The first-order valence-electron chi connectivity index (χ1n) is 4.38. The summed E-state index contributed by atoms with van der Waals surface area (Å²) in [5.41, 5.74) is 3.03. The molecule has 14 heavy (non-hydrogen) atoms. The Labute approximate surface area is 119 Å². The first-order chi connectivity index (χ1) is 5.13. The minimum Gasteiger partial charge on any atom is -1.00 e. The molecule has 1 aromatic carbocycles. The van der Waals surface area contributed by atoms with Crippen molar-refractivity contribution in [3.05, 3.63) is 29.3 Å². The molecule has 0 aliphatic rings. The fourth-order valence-electron chi connectivity index (χ4n) is 1.50. The van der Waals surface area contributed by atoms with Crippen molar-refractivity contribution in [1.82, 2.24) is 0 Å². The molecule has 3 heteroatoms. The molecule has 0 amide bonds. The van der Waals surface area contributed by atoms with Gasteiger partial charge in [-0.25, -0.2) is 0 Å². The maximum Gasteiger partial charge on any atom is 3.00 e. The van der Waals surface area contributed by atoms with Gasteiger partial charge in [-0.15, -0.1) is 0 Å². The molecule has 0 nitrogen and oxygen atoms in total. The number of hydrogen-bond acceptors (Lipinski definition) is 0. The van der Waals surface area contributed by atoms with Crippen molar-refractivity contribution in [3.8, 4) is 0 Å². The standard InChI is InChI=1S/C11H17.2ClH.Zr/c1-8(2)10-6-5-7-11(10)9(3)4;;;/h5-9H,1-4H3;2*1H;/q-1;;;+3/p-2. The van der Waals surface area contributed by atoms with Crippen LogP contribution in [0.1, 0.15) is 50.7 Å². The van der Waals surface area contributed by atoms with E-state index in [0.717, 1.165) is 0 Å². The van der Waals surface area contributed by atoms with Crippen LogP contribution in [-0.4, -0.2) is 0 Å². The normalized spacial score (nSPS) is 9.00. The third-order valence-electron chi connectivity index (χ3n) is 2.13.